The second kappa shape index (κ2) is 10.7. The molecule has 1 N–H and O–H groups in total. The third-order valence-corrected chi connectivity index (χ3v) is 8.13. The molecule has 5 rings (SSSR count). The van der Waals surface area contributed by atoms with Gasteiger partial charge in [0.1, 0.15) is 12.6 Å². The number of rotatable bonds is 8. The van der Waals surface area contributed by atoms with Crippen molar-refractivity contribution in [1.82, 2.24) is 10.2 Å². The van der Waals surface area contributed by atoms with Crippen LogP contribution in [0.5, 0.6) is 0 Å². The fourth-order valence-electron chi connectivity index (χ4n) is 5.50. The van der Waals surface area contributed by atoms with Crippen molar-refractivity contribution in [2.24, 2.45) is 0 Å². The Labute approximate surface area is 226 Å². The molecule has 0 aromatic heterocycles. The van der Waals surface area contributed by atoms with Crippen LogP contribution in [0.25, 0.3) is 10.8 Å². The Hall–Kier alpha value is -3.09. The van der Waals surface area contributed by atoms with Crippen LogP contribution in [0.2, 0.25) is 10.0 Å². The molecule has 37 heavy (non-hydrogen) atoms. The highest BCUT2D eigenvalue weighted by Crippen LogP contribution is 2.37. The van der Waals surface area contributed by atoms with Crippen molar-refractivity contribution >= 4 is 57.4 Å². The van der Waals surface area contributed by atoms with E-state index in [-0.39, 0.29) is 36.9 Å². The van der Waals surface area contributed by atoms with Crippen molar-refractivity contribution in [3.05, 3.63) is 75.8 Å². The molecule has 0 radical (unpaired) electrons. The number of nitrogens with one attached hydrogen (secondary N) is 1. The van der Waals surface area contributed by atoms with E-state index in [4.69, 9.17) is 23.2 Å². The smallest absolute Gasteiger partial charge is 0.259 e. The van der Waals surface area contributed by atoms with Crippen molar-refractivity contribution < 1.29 is 14.4 Å². The van der Waals surface area contributed by atoms with Crippen molar-refractivity contribution in [1.29, 1.82) is 0 Å². The molecule has 192 valence electrons. The molecule has 0 spiro atoms. The Kier molecular flexibility index (Phi) is 7.40. The van der Waals surface area contributed by atoms with Crippen LogP contribution in [-0.4, -0.2) is 41.2 Å². The first kappa shape index (κ1) is 25.6. The molecule has 1 saturated carbocycles. The molecule has 3 aromatic carbocycles. The van der Waals surface area contributed by atoms with Gasteiger partial charge in [-0.05, 0) is 48.9 Å². The van der Waals surface area contributed by atoms with E-state index in [2.05, 4.69) is 5.32 Å². The number of anilines is 1. The third kappa shape index (κ3) is 4.92. The van der Waals surface area contributed by atoms with E-state index >= 15 is 0 Å². The minimum Gasteiger partial charge on any atom is -0.352 e. The van der Waals surface area contributed by atoms with E-state index in [0.29, 0.717) is 33.3 Å². The van der Waals surface area contributed by atoms with Gasteiger partial charge in [0, 0.05) is 39.1 Å². The average molecular weight is 538 g/mol. The summed E-state index contributed by atoms with van der Waals surface area (Å²) in [6, 6.07) is 15.8. The second-order valence-corrected chi connectivity index (χ2v) is 10.5. The molecule has 0 saturated heterocycles. The normalized spacial score (nSPS) is 15.9. The maximum Gasteiger partial charge on any atom is 0.259 e. The van der Waals surface area contributed by atoms with E-state index in [9.17, 15) is 14.4 Å². The van der Waals surface area contributed by atoms with Crippen LogP contribution >= 0.6 is 23.2 Å². The van der Waals surface area contributed by atoms with Gasteiger partial charge in [-0.1, -0.05) is 73.3 Å². The first-order chi connectivity index (χ1) is 17.9. The molecule has 0 bridgehead atoms. The quantitative estimate of drug-likeness (QED) is 0.384. The first-order valence-electron chi connectivity index (χ1n) is 12.8. The van der Waals surface area contributed by atoms with Gasteiger partial charge in [0.05, 0.1) is 5.69 Å². The second-order valence-electron chi connectivity index (χ2n) is 9.71. The summed E-state index contributed by atoms with van der Waals surface area (Å²) in [6.07, 6.45) is 4.47. The zero-order chi connectivity index (χ0) is 26.1. The molecular weight excluding hydrogens is 509 g/mol. The van der Waals surface area contributed by atoms with Crippen molar-refractivity contribution in [3.63, 3.8) is 0 Å². The summed E-state index contributed by atoms with van der Waals surface area (Å²) in [5.74, 6) is -0.758. The van der Waals surface area contributed by atoms with E-state index in [1.165, 1.54) is 9.80 Å². The Morgan fingerprint density at radius 2 is 1.68 bits per heavy atom. The summed E-state index contributed by atoms with van der Waals surface area (Å²) >= 11 is 12.9. The van der Waals surface area contributed by atoms with Gasteiger partial charge in [0.15, 0.2) is 0 Å². The minimum absolute atomic E-state index is 0.0626. The van der Waals surface area contributed by atoms with E-state index in [1.807, 2.05) is 37.3 Å². The summed E-state index contributed by atoms with van der Waals surface area (Å²) in [6.45, 7) is 1.75. The summed E-state index contributed by atoms with van der Waals surface area (Å²) < 4.78 is 0. The molecule has 1 heterocycles. The summed E-state index contributed by atoms with van der Waals surface area (Å²) in [5.41, 5.74) is 1.85. The van der Waals surface area contributed by atoms with Crippen LogP contribution in [0, 0.1) is 0 Å². The highest BCUT2D eigenvalue weighted by molar-refractivity contribution is 6.36. The van der Waals surface area contributed by atoms with Gasteiger partial charge in [0.2, 0.25) is 11.8 Å². The highest BCUT2D eigenvalue weighted by Gasteiger charge is 2.36. The number of carbonyl (C=O) groups excluding carboxylic acids is 3. The number of nitrogens with zero attached hydrogens (tertiary/aromatic N) is 2. The number of amides is 3. The Morgan fingerprint density at radius 1 is 1.03 bits per heavy atom. The summed E-state index contributed by atoms with van der Waals surface area (Å²) in [4.78, 5) is 43.7. The van der Waals surface area contributed by atoms with E-state index in [0.717, 1.165) is 36.5 Å². The van der Waals surface area contributed by atoms with E-state index < -0.39 is 6.04 Å². The van der Waals surface area contributed by atoms with E-state index in [1.54, 1.807) is 24.3 Å². The monoisotopic (exact) mass is 537 g/mol. The maximum atomic E-state index is 13.9. The lowest BCUT2D eigenvalue weighted by molar-refractivity contribution is -0.140. The predicted molar refractivity (Wildman–Crippen MR) is 147 cm³/mol. The molecule has 1 fully saturated rings. The molecule has 3 aromatic rings. The number of hydrogen-bond donors (Lipinski definition) is 1. The average Bonchev–Trinajstić information content (AvgIpc) is 3.49. The van der Waals surface area contributed by atoms with Gasteiger partial charge in [-0.25, -0.2) is 0 Å². The lowest BCUT2D eigenvalue weighted by Crippen LogP contribution is -2.53. The number of carbonyl (C=O) groups is 3. The third-order valence-electron chi connectivity index (χ3n) is 7.42. The van der Waals surface area contributed by atoms with Crippen LogP contribution in [0.4, 0.5) is 5.69 Å². The van der Waals surface area contributed by atoms with Gasteiger partial charge in [-0.2, -0.15) is 0 Å². The topological polar surface area (TPSA) is 69.7 Å². The molecule has 1 atom stereocenters. The van der Waals surface area contributed by atoms with Crippen LogP contribution in [0.15, 0.2) is 54.6 Å². The number of hydrogen-bond acceptors (Lipinski definition) is 3. The molecule has 1 aliphatic heterocycles. The molecule has 8 heteroatoms. The first-order valence-corrected chi connectivity index (χ1v) is 13.5. The van der Waals surface area contributed by atoms with Gasteiger partial charge < -0.3 is 10.2 Å². The molecule has 6 nitrogen and oxygen atoms in total. The lowest BCUT2D eigenvalue weighted by Gasteiger charge is -2.33. The predicted octanol–water partition coefficient (Wildman–Crippen LogP) is 5.97. The maximum absolute atomic E-state index is 13.9. The fourth-order valence-corrected chi connectivity index (χ4v) is 6.02. The Bertz CT molecular complexity index is 1340. The van der Waals surface area contributed by atoms with Crippen LogP contribution < -0.4 is 10.2 Å². The van der Waals surface area contributed by atoms with Crippen LogP contribution in [-0.2, 0) is 16.1 Å². The fraction of sp³-hybridized carbons (Fsp3) is 0.345. The SMILES string of the molecule is CC[C@H](C(=O)NC1CCCC1)N(Cc1c(Cl)cccc1Cl)C(=O)CN1C(=O)c2cccc3cccc1c23. The van der Waals surface area contributed by atoms with Crippen molar-refractivity contribution in [3.8, 4) is 0 Å². The minimum atomic E-state index is -0.726. The summed E-state index contributed by atoms with van der Waals surface area (Å²) in [5, 5.41) is 5.76. The lowest BCUT2D eigenvalue weighted by atomic mass is 10.1. The van der Waals surface area contributed by atoms with Crippen LogP contribution in [0.1, 0.15) is 54.9 Å². The highest BCUT2D eigenvalue weighted by atomic mass is 35.5. The number of benzene rings is 3. The molecule has 1 aliphatic carbocycles. The molecular formula is C29H29Cl2N3O3. The standard InChI is InChI=1S/C29H29Cl2N3O3/c1-2-24(28(36)32-19-10-3-4-11-19)33(16-21-22(30)13-7-14-23(21)31)26(35)17-34-25-15-6-9-18-8-5-12-20(27(18)25)29(34)37/h5-9,12-15,19,24H,2-4,10-11,16-17H2,1H3,(H,32,36)/t24-/m1/s1. The molecule has 3 amide bonds. The zero-order valence-electron chi connectivity index (χ0n) is 20.7. The van der Waals surface area contributed by atoms with Gasteiger partial charge in [-0.3, -0.25) is 19.3 Å². The van der Waals surface area contributed by atoms with Gasteiger partial charge in [0.25, 0.3) is 5.91 Å². The largest absolute Gasteiger partial charge is 0.352 e. The number of halogens is 2. The zero-order valence-corrected chi connectivity index (χ0v) is 22.2. The molecule has 0 unspecified atom stereocenters. The molecule has 2 aliphatic rings. The van der Waals surface area contributed by atoms with Crippen molar-refractivity contribution in [2.45, 2.75) is 57.7 Å². The Balaban J connectivity index is 1.46. The summed E-state index contributed by atoms with van der Waals surface area (Å²) in [7, 11) is 0. The van der Waals surface area contributed by atoms with Crippen LogP contribution in [0.3, 0.4) is 0 Å². The Morgan fingerprint density at radius 3 is 2.35 bits per heavy atom. The van der Waals surface area contributed by atoms with Gasteiger partial charge in [-0.15, -0.1) is 0 Å². The van der Waals surface area contributed by atoms with Gasteiger partial charge >= 0.3 is 0 Å². The van der Waals surface area contributed by atoms with Crippen molar-refractivity contribution in [2.75, 3.05) is 11.4 Å².